The van der Waals surface area contributed by atoms with Crippen LogP contribution in [0.2, 0.25) is 0 Å². The predicted molar refractivity (Wildman–Crippen MR) is 68.3 cm³/mol. The summed E-state index contributed by atoms with van der Waals surface area (Å²) in [6, 6.07) is 5.40. The molecule has 0 saturated carbocycles. The minimum atomic E-state index is -0.682. The van der Waals surface area contributed by atoms with Crippen molar-refractivity contribution >= 4 is 22.5 Å². The molecule has 100 valence electrons. The van der Waals surface area contributed by atoms with E-state index in [1.165, 1.54) is 24.3 Å². The molecule has 20 heavy (non-hydrogen) atoms. The van der Waals surface area contributed by atoms with Crippen molar-refractivity contribution in [1.29, 1.82) is 0 Å². The van der Waals surface area contributed by atoms with Gasteiger partial charge in [-0.3, -0.25) is 10.1 Å². The maximum Gasteiger partial charge on any atom is 0.340 e. The highest BCUT2D eigenvalue weighted by Gasteiger charge is 2.24. The van der Waals surface area contributed by atoms with Crippen molar-refractivity contribution in [3.8, 4) is 11.5 Å². The Morgan fingerprint density at radius 3 is 2.85 bits per heavy atom. The third-order valence-electron chi connectivity index (χ3n) is 2.74. The Balaban J connectivity index is 2.25. The van der Waals surface area contributed by atoms with Crippen molar-refractivity contribution in [3.05, 3.63) is 46.5 Å². The summed E-state index contributed by atoms with van der Waals surface area (Å²) < 4.78 is 18.6. The highest BCUT2D eigenvalue weighted by atomic mass is 19.1. The van der Waals surface area contributed by atoms with Gasteiger partial charge in [0, 0.05) is 5.39 Å². The number of furan rings is 1. The van der Waals surface area contributed by atoms with Gasteiger partial charge in [-0.15, -0.1) is 0 Å². The number of hydrogen-bond donors (Lipinski definition) is 1. The second kappa shape index (κ2) is 4.26. The van der Waals surface area contributed by atoms with E-state index in [0.717, 1.165) is 6.33 Å². The van der Waals surface area contributed by atoms with E-state index < -0.39 is 16.4 Å². The van der Waals surface area contributed by atoms with Crippen LogP contribution in [0.15, 0.2) is 35.0 Å². The van der Waals surface area contributed by atoms with Crippen molar-refractivity contribution in [2.75, 3.05) is 5.73 Å². The molecule has 0 spiro atoms. The second-order valence-corrected chi connectivity index (χ2v) is 4.01. The number of rotatable bonds is 2. The fourth-order valence-electron chi connectivity index (χ4n) is 1.88. The molecule has 2 heterocycles. The lowest BCUT2D eigenvalue weighted by atomic mass is 10.2. The zero-order valence-corrected chi connectivity index (χ0v) is 9.91. The number of benzene rings is 1. The number of nitrogen functional groups attached to an aromatic ring is 1. The number of anilines is 1. The van der Waals surface area contributed by atoms with Gasteiger partial charge in [-0.2, -0.15) is 0 Å². The topological polar surface area (TPSA) is 108 Å². The van der Waals surface area contributed by atoms with Crippen LogP contribution in [0.25, 0.3) is 22.4 Å². The number of fused-ring (bicyclic) bond motifs is 1. The summed E-state index contributed by atoms with van der Waals surface area (Å²) >= 11 is 0. The van der Waals surface area contributed by atoms with Crippen LogP contribution in [0.5, 0.6) is 0 Å². The highest BCUT2D eigenvalue weighted by molar-refractivity contribution is 5.84. The first-order chi connectivity index (χ1) is 9.56. The molecule has 8 heteroatoms. The maximum absolute atomic E-state index is 13.1. The Morgan fingerprint density at radius 2 is 2.10 bits per heavy atom. The third-order valence-corrected chi connectivity index (χ3v) is 2.74. The molecule has 7 nitrogen and oxygen atoms in total. The molecule has 0 aliphatic heterocycles. The SMILES string of the molecule is Nc1ncnc(-c2cc3cc(F)ccc3o2)c1[N+](=O)[O-]. The fraction of sp³-hybridized carbons (Fsp3) is 0. The molecule has 0 radical (unpaired) electrons. The summed E-state index contributed by atoms with van der Waals surface area (Å²) in [6.45, 7) is 0. The quantitative estimate of drug-likeness (QED) is 0.568. The van der Waals surface area contributed by atoms with E-state index in [2.05, 4.69) is 9.97 Å². The van der Waals surface area contributed by atoms with Crippen LogP contribution >= 0.6 is 0 Å². The lowest BCUT2D eigenvalue weighted by Crippen LogP contribution is -2.01. The molecule has 0 aliphatic carbocycles. The predicted octanol–water partition coefficient (Wildman–Crippen LogP) is 2.52. The molecule has 1 aromatic carbocycles. The van der Waals surface area contributed by atoms with Gasteiger partial charge < -0.3 is 10.2 Å². The number of nitro groups is 1. The number of aromatic nitrogens is 2. The van der Waals surface area contributed by atoms with Crippen LogP contribution in [0, 0.1) is 15.9 Å². The van der Waals surface area contributed by atoms with Crippen LogP contribution in [-0.4, -0.2) is 14.9 Å². The molecule has 2 N–H and O–H groups in total. The van der Waals surface area contributed by atoms with Gasteiger partial charge in [-0.1, -0.05) is 0 Å². The average Bonchev–Trinajstić information content (AvgIpc) is 2.80. The Labute approximate surface area is 111 Å². The van der Waals surface area contributed by atoms with Crippen molar-refractivity contribution in [2.24, 2.45) is 0 Å². The van der Waals surface area contributed by atoms with E-state index in [-0.39, 0.29) is 17.3 Å². The fourth-order valence-corrected chi connectivity index (χ4v) is 1.88. The monoisotopic (exact) mass is 274 g/mol. The molecule has 0 atom stereocenters. The minimum absolute atomic E-state index is 0.0425. The Bertz CT molecular complexity index is 831. The molecule has 0 saturated heterocycles. The molecular weight excluding hydrogens is 267 g/mol. The van der Waals surface area contributed by atoms with Gasteiger partial charge in [-0.25, -0.2) is 14.4 Å². The zero-order valence-electron chi connectivity index (χ0n) is 9.91. The molecule has 0 unspecified atom stereocenters. The van der Waals surface area contributed by atoms with Crippen LogP contribution < -0.4 is 5.73 Å². The van der Waals surface area contributed by atoms with Crippen LogP contribution in [-0.2, 0) is 0 Å². The molecule has 2 aromatic heterocycles. The summed E-state index contributed by atoms with van der Waals surface area (Å²) in [5.74, 6) is -0.556. The normalized spacial score (nSPS) is 10.8. The van der Waals surface area contributed by atoms with Gasteiger partial charge in [0.2, 0.25) is 5.82 Å². The Kier molecular flexibility index (Phi) is 2.56. The van der Waals surface area contributed by atoms with Gasteiger partial charge in [0.25, 0.3) is 0 Å². The van der Waals surface area contributed by atoms with E-state index in [9.17, 15) is 14.5 Å². The number of halogens is 1. The van der Waals surface area contributed by atoms with E-state index in [1.54, 1.807) is 0 Å². The number of nitrogens with zero attached hydrogens (tertiary/aromatic N) is 3. The number of nitrogens with two attached hydrogens (primary N) is 1. The first-order valence-electron chi connectivity index (χ1n) is 5.50. The van der Waals surface area contributed by atoms with Gasteiger partial charge in [0.05, 0.1) is 4.92 Å². The standard InChI is InChI=1S/C12H7FN4O3/c13-7-1-2-8-6(3-7)4-9(20-8)10-11(17(18)19)12(14)16-5-15-10/h1-5H,(H2,14,15,16). The molecule has 3 rings (SSSR count). The first kappa shape index (κ1) is 12.0. The second-order valence-electron chi connectivity index (χ2n) is 4.01. The Morgan fingerprint density at radius 1 is 1.30 bits per heavy atom. The summed E-state index contributed by atoms with van der Waals surface area (Å²) in [7, 11) is 0. The smallest absolute Gasteiger partial charge is 0.340 e. The number of hydrogen-bond acceptors (Lipinski definition) is 6. The summed E-state index contributed by atoms with van der Waals surface area (Å²) in [6.07, 6.45) is 1.10. The zero-order chi connectivity index (χ0) is 14.3. The lowest BCUT2D eigenvalue weighted by Gasteiger charge is -1.99. The third kappa shape index (κ3) is 1.83. The lowest BCUT2D eigenvalue weighted by molar-refractivity contribution is -0.383. The van der Waals surface area contributed by atoms with Gasteiger partial charge in [0.1, 0.15) is 17.7 Å². The first-order valence-corrected chi connectivity index (χ1v) is 5.50. The summed E-state index contributed by atoms with van der Waals surface area (Å²) in [5, 5.41) is 11.5. The van der Waals surface area contributed by atoms with Crippen molar-refractivity contribution in [3.63, 3.8) is 0 Å². The Hall–Kier alpha value is -3.03. The van der Waals surface area contributed by atoms with Crippen molar-refractivity contribution in [2.45, 2.75) is 0 Å². The van der Waals surface area contributed by atoms with E-state index in [4.69, 9.17) is 10.2 Å². The summed E-state index contributed by atoms with van der Waals surface area (Å²) in [4.78, 5) is 17.8. The minimum Gasteiger partial charge on any atom is -0.454 e. The molecule has 0 fully saturated rings. The van der Waals surface area contributed by atoms with Crippen molar-refractivity contribution < 1.29 is 13.7 Å². The molecule has 0 amide bonds. The van der Waals surface area contributed by atoms with E-state index >= 15 is 0 Å². The van der Waals surface area contributed by atoms with E-state index in [0.29, 0.717) is 11.0 Å². The largest absolute Gasteiger partial charge is 0.454 e. The molecule has 3 aromatic rings. The average molecular weight is 274 g/mol. The van der Waals surface area contributed by atoms with Crippen LogP contribution in [0.1, 0.15) is 0 Å². The molecule has 0 bridgehead atoms. The maximum atomic E-state index is 13.1. The summed E-state index contributed by atoms with van der Waals surface area (Å²) in [5.41, 5.74) is 5.40. The molecular formula is C12H7FN4O3. The van der Waals surface area contributed by atoms with Gasteiger partial charge in [0.15, 0.2) is 11.5 Å². The van der Waals surface area contributed by atoms with Crippen LogP contribution in [0.4, 0.5) is 15.9 Å². The van der Waals surface area contributed by atoms with Crippen LogP contribution in [0.3, 0.4) is 0 Å². The molecule has 0 aliphatic rings. The van der Waals surface area contributed by atoms with Gasteiger partial charge in [-0.05, 0) is 24.3 Å². The van der Waals surface area contributed by atoms with Crippen molar-refractivity contribution in [1.82, 2.24) is 9.97 Å². The van der Waals surface area contributed by atoms with E-state index in [1.807, 2.05) is 0 Å². The highest BCUT2D eigenvalue weighted by Crippen LogP contribution is 2.34. The van der Waals surface area contributed by atoms with Gasteiger partial charge >= 0.3 is 5.69 Å².